The van der Waals surface area contributed by atoms with E-state index >= 15 is 0 Å². The Morgan fingerprint density at radius 2 is 2.00 bits per heavy atom. The minimum Gasteiger partial charge on any atom is -0.359 e. The maximum absolute atomic E-state index is 13.8. The van der Waals surface area contributed by atoms with Crippen molar-refractivity contribution in [2.45, 2.75) is 31.1 Å². The van der Waals surface area contributed by atoms with Gasteiger partial charge in [0.15, 0.2) is 0 Å². The van der Waals surface area contributed by atoms with Crippen LogP contribution in [0.4, 0.5) is 10.1 Å². The third kappa shape index (κ3) is 2.57. The van der Waals surface area contributed by atoms with Crippen molar-refractivity contribution in [1.82, 2.24) is 4.98 Å². The lowest BCUT2D eigenvalue weighted by molar-refractivity contribution is 0.448. The second kappa shape index (κ2) is 5.58. The van der Waals surface area contributed by atoms with Crippen molar-refractivity contribution in [2.24, 2.45) is 5.92 Å². The van der Waals surface area contributed by atoms with Crippen LogP contribution in [-0.2, 0) is 21.9 Å². The van der Waals surface area contributed by atoms with Gasteiger partial charge in [0.25, 0.3) is 0 Å². The van der Waals surface area contributed by atoms with Crippen LogP contribution in [0, 0.1) is 11.7 Å². The molecule has 1 aromatic heterocycles. The Kier molecular flexibility index (Phi) is 3.47. The summed E-state index contributed by atoms with van der Waals surface area (Å²) in [7, 11) is -3.36. The molecule has 1 saturated carbocycles. The molecule has 0 amide bonds. The zero-order valence-electron chi connectivity index (χ0n) is 15.0. The predicted octanol–water partition coefficient (Wildman–Crippen LogP) is 4.32. The zero-order valence-corrected chi connectivity index (χ0v) is 15.9. The van der Waals surface area contributed by atoms with Crippen LogP contribution in [-0.4, -0.2) is 19.7 Å². The van der Waals surface area contributed by atoms with Gasteiger partial charge in [-0.1, -0.05) is 18.2 Å². The van der Waals surface area contributed by atoms with Crippen LogP contribution in [0.3, 0.4) is 0 Å². The Morgan fingerprint density at radius 1 is 1.19 bits per heavy atom. The van der Waals surface area contributed by atoms with Crippen molar-refractivity contribution in [3.8, 4) is 0 Å². The maximum atomic E-state index is 13.8. The molecule has 3 aromatic rings. The number of hydrogen-bond donors (Lipinski definition) is 2. The van der Waals surface area contributed by atoms with Crippen LogP contribution in [0.25, 0.3) is 10.9 Å². The number of benzene rings is 2. The van der Waals surface area contributed by atoms with E-state index < -0.39 is 10.0 Å². The van der Waals surface area contributed by atoms with Crippen molar-refractivity contribution in [3.05, 3.63) is 65.1 Å². The molecule has 1 heterocycles. The molecular weight excluding hydrogens is 363 g/mol. The molecule has 2 aliphatic carbocycles. The van der Waals surface area contributed by atoms with E-state index in [4.69, 9.17) is 0 Å². The van der Waals surface area contributed by atoms with Crippen molar-refractivity contribution < 1.29 is 12.8 Å². The number of halogens is 1. The molecule has 1 fully saturated rings. The molecule has 2 aliphatic rings. The van der Waals surface area contributed by atoms with E-state index in [2.05, 4.69) is 9.71 Å². The fourth-order valence-electron chi connectivity index (χ4n) is 4.98. The van der Waals surface area contributed by atoms with Crippen LogP contribution in [0.15, 0.2) is 42.6 Å². The summed E-state index contributed by atoms with van der Waals surface area (Å²) >= 11 is 0. The first-order valence-electron chi connectivity index (χ1n) is 9.26. The summed E-state index contributed by atoms with van der Waals surface area (Å²) in [4.78, 5) is 3.30. The van der Waals surface area contributed by atoms with E-state index in [-0.39, 0.29) is 11.2 Å². The van der Waals surface area contributed by atoms with Crippen molar-refractivity contribution in [3.63, 3.8) is 0 Å². The summed E-state index contributed by atoms with van der Waals surface area (Å²) in [6.45, 7) is 0. The van der Waals surface area contributed by atoms with E-state index in [1.54, 1.807) is 18.2 Å². The van der Waals surface area contributed by atoms with E-state index in [0.29, 0.717) is 11.6 Å². The van der Waals surface area contributed by atoms with Gasteiger partial charge in [-0.2, -0.15) is 0 Å². The van der Waals surface area contributed by atoms with Gasteiger partial charge in [-0.25, -0.2) is 12.8 Å². The summed E-state index contributed by atoms with van der Waals surface area (Å²) in [6.07, 6.45) is 7.36. The maximum Gasteiger partial charge on any atom is 0.229 e. The first-order valence-corrected chi connectivity index (χ1v) is 11.1. The Bertz CT molecular complexity index is 1160. The number of para-hydroxylation sites is 1. The fraction of sp³-hybridized carbons (Fsp3) is 0.333. The second-order valence-electron chi connectivity index (χ2n) is 7.85. The van der Waals surface area contributed by atoms with Gasteiger partial charge in [0.2, 0.25) is 10.0 Å². The van der Waals surface area contributed by atoms with Gasteiger partial charge in [0.1, 0.15) is 5.82 Å². The van der Waals surface area contributed by atoms with Crippen LogP contribution in [0.5, 0.6) is 0 Å². The topological polar surface area (TPSA) is 62.0 Å². The number of aryl methyl sites for hydroxylation is 1. The quantitative estimate of drug-likeness (QED) is 0.704. The van der Waals surface area contributed by atoms with Gasteiger partial charge in [-0.3, -0.25) is 4.72 Å². The number of hydrogen-bond acceptors (Lipinski definition) is 2. The Morgan fingerprint density at radius 3 is 2.74 bits per heavy atom. The van der Waals surface area contributed by atoms with E-state index in [1.807, 2.05) is 24.4 Å². The van der Waals surface area contributed by atoms with Gasteiger partial charge in [0, 0.05) is 17.0 Å². The number of rotatable bonds is 4. The van der Waals surface area contributed by atoms with Crippen LogP contribution < -0.4 is 4.72 Å². The number of H-pyrrole nitrogens is 1. The number of fused-ring (bicyclic) bond motifs is 2. The minimum absolute atomic E-state index is 0.120. The highest BCUT2D eigenvalue weighted by Gasteiger charge is 2.51. The number of sulfonamides is 1. The Hall–Kier alpha value is -2.34. The molecule has 5 rings (SSSR count). The fourth-order valence-corrected chi connectivity index (χ4v) is 5.55. The number of anilines is 1. The third-order valence-corrected chi connectivity index (χ3v) is 6.69. The molecule has 0 aliphatic heterocycles. The summed E-state index contributed by atoms with van der Waals surface area (Å²) in [5.41, 5.74) is 4.77. The minimum atomic E-state index is -3.36. The standard InChI is InChI=1S/C21H21FN2O2S/c1-27(25,26)24-19-4-2-3-16-18(12-23-20(16)19)21(14-5-6-14)10-9-13-11-15(22)7-8-17(13)21/h2-4,7-8,11-12,14,23-24H,5-6,9-10H2,1H3. The molecule has 6 heteroatoms. The molecule has 2 aromatic carbocycles. The molecular formula is C21H21FN2O2S. The van der Waals surface area contributed by atoms with E-state index in [1.165, 1.54) is 24.0 Å². The summed E-state index contributed by atoms with van der Waals surface area (Å²) in [5.74, 6) is 0.369. The molecule has 4 nitrogen and oxygen atoms in total. The second-order valence-corrected chi connectivity index (χ2v) is 9.60. The highest BCUT2D eigenvalue weighted by atomic mass is 32.2. The van der Waals surface area contributed by atoms with Gasteiger partial charge in [0.05, 0.1) is 17.5 Å². The lowest BCUT2D eigenvalue weighted by Crippen LogP contribution is -2.27. The van der Waals surface area contributed by atoms with Crippen molar-refractivity contribution in [1.29, 1.82) is 0 Å². The molecule has 140 valence electrons. The Labute approximate surface area is 157 Å². The molecule has 1 unspecified atom stereocenters. The number of nitrogens with one attached hydrogen (secondary N) is 2. The average molecular weight is 384 g/mol. The van der Waals surface area contributed by atoms with Gasteiger partial charge < -0.3 is 4.98 Å². The smallest absolute Gasteiger partial charge is 0.229 e. The van der Waals surface area contributed by atoms with E-state index in [0.717, 1.165) is 35.6 Å². The van der Waals surface area contributed by atoms with Crippen molar-refractivity contribution >= 4 is 26.6 Å². The lowest BCUT2D eigenvalue weighted by Gasteiger charge is -2.31. The largest absolute Gasteiger partial charge is 0.359 e. The monoisotopic (exact) mass is 384 g/mol. The third-order valence-electron chi connectivity index (χ3n) is 6.10. The zero-order chi connectivity index (χ0) is 18.8. The number of aromatic nitrogens is 1. The van der Waals surface area contributed by atoms with Gasteiger partial charge >= 0.3 is 0 Å². The van der Waals surface area contributed by atoms with Crippen LogP contribution >= 0.6 is 0 Å². The normalized spacial score (nSPS) is 22.1. The SMILES string of the molecule is CS(=O)(=O)Nc1cccc2c(C3(C4CC4)CCc4cc(F)ccc43)c[nH]c12. The van der Waals surface area contributed by atoms with Gasteiger partial charge in [-0.05, 0) is 66.5 Å². The summed E-state index contributed by atoms with van der Waals surface area (Å²) in [6, 6.07) is 10.9. The molecule has 1 atom stereocenters. The summed E-state index contributed by atoms with van der Waals surface area (Å²) in [5, 5.41) is 1.03. The molecule has 0 saturated heterocycles. The highest BCUT2D eigenvalue weighted by molar-refractivity contribution is 7.92. The predicted molar refractivity (Wildman–Crippen MR) is 105 cm³/mol. The molecule has 0 spiro atoms. The van der Waals surface area contributed by atoms with Crippen molar-refractivity contribution in [2.75, 3.05) is 11.0 Å². The molecule has 0 radical (unpaired) electrons. The first kappa shape index (κ1) is 16.8. The molecule has 2 N–H and O–H groups in total. The van der Waals surface area contributed by atoms with E-state index in [9.17, 15) is 12.8 Å². The molecule has 27 heavy (non-hydrogen) atoms. The van der Waals surface area contributed by atoms with Crippen LogP contribution in [0.2, 0.25) is 0 Å². The van der Waals surface area contributed by atoms with Crippen LogP contribution in [0.1, 0.15) is 36.0 Å². The van der Waals surface area contributed by atoms with Gasteiger partial charge in [-0.15, -0.1) is 0 Å². The first-order chi connectivity index (χ1) is 12.9. The summed E-state index contributed by atoms with van der Waals surface area (Å²) < 4.78 is 39.8. The lowest BCUT2D eigenvalue weighted by atomic mass is 9.71. The molecule has 0 bridgehead atoms. The Balaban J connectivity index is 1.72. The highest BCUT2D eigenvalue weighted by Crippen LogP contribution is 2.59. The average Bonchev–Trinajstić information content (AvgIpc) is 3.25. The number of aromatic amines is 1.